The first-order valence-corrected chi connectivity index (χ1v) is 11.4. The first-order chi connectivity index (χ1) is 15.0. The minimum absolute atomic E-state index is 0.119. The van der Waals surface area contributed by atoms with Crippen molar-refractivity contribution in [1.82, 2.24) is 4.90 Å². The Morgan fingerprint density at radius 3 is 2.66 bits per heavy atom. The quantitative estimate of drug-likeness (QED) is 0.529. The topological polar surface area (TPSA) is 103 Å². The first-order valence-electron chi connectivity index (χ1n) is 11.4. The lowest BCUT2D eigenvalue weighted by molar-refractivity contribution is -0.137. The fraction of sp³-hybridized carbons (Fsp3) is 0.640. The third-order valence-corrected chi connectivity index (χ3v) is 7.30. The molecular weight excluding hydrogens is 407 g/mol. The number of carbonyl (C=O) groups is 1. The summed E-state index contributed by atoms with van der Waals surface area (Å²) < 4.78 is 20.4. The van der Waals surface area contributed by atoms with Crippen LogP contribution >= 0.6 is 0 Å². The van der Waals surface area contributed by atoms with E-state index in [0.29, 0.717) is 12.0 Å². The molecule has 0 unspecified atom stereocenters. The van der Waals surface area contributed by atoms with E-state index < -0.39 is 17.5 Å². The monoisotopic (exact) mass is 442 g/mol. The van der Waals surface area contributed by atoms with Crippen LogP contribution in [0.5, 0.6) is 0 Å². The molecule has 0 heterocycles. The van der Waals surface area contributed by atoms with Gasteiger partial charge in [0.25, 0.3) is 0 Å². The van der Waals surface area contributed by atoms with Crippen molar-refractivity contribution in [2.75, 3.05) is 13.7 Å². The molecule has 2 aliphatic rings. The number of amides is 1. The zero-order valence-electron chi connectivity index (χ0n) is 19.7. The molecule has 0 saturated heterocycles. The summed E-state index contributed by atoms with van der Waals surface area (Å²) in [5.74, 6) is -0.859. The summed E-state index contributed by atoms with van der Waals surface area (Å²) in [5, 5.41) is 17.5. The number of benzene rings is 1. The number of rotatable bonds is 5. The van der Waals surface area contributed by atoms with E-state index in [1.54, 1.807) is 19.2 Å². The number of carbonyl (C=O) groups excluding carboxylic acids is 1. The van der Waals surface area contributed by atoms with E-state index in [1.807, 2.05) is 6.07 Å². The first kappa shape index (κ1) is 24.2. The zero-order chi connectivity index (χ0) is 23.8. The summed E-state index contributed by atoms with van der Waals surface area (Å²) in [7, 11) is 1.74. The lowest BCUT2D eigenvalue weighted by Crippen LogP contribution is -2.53. The lowest BCUT2D eigenvalue weighted by atomic mass is 9.58. The number of nitrogens with two attached hydrogens (primary N) is 1. The van der Waals surface area contributed by atoms with Crippen LogP contribution in [0.1, 0.15) is 69.6 Å². The van der Waals surface area contributed by atoms with Crippen molar-refractivity contribution in [2.24, 2.45) is 23.0 Å². The van der Waals surface area contributed by atoms with E-state index in [2.05, 4.69) is 19.9 Å². The van der Waals surface area contributed by atoms with Gasteiger partial charge in [0.1, 0.15) is 5.67 Å². The van der Waals surface area contributed by atoms with E-state index in [9.17, 15) is 14.4 Å². The van der Waals surface area contributed by atoms with E-state index in [1.165, 1.54) is 13.8 Å². The van der Waals surface area contributed by atoms with Gasteiger partial charge in [-0.2, -0.15) is 5.26 Å². The molecule has 0 bridgehead atoms. The highest BCUT2D eigenvalue weighted by atomic mass is 19.1. The van der Waals surface area contributed by atoms with Crippen LogP contribution in [-0.4, -0.2) is 42.2 Å². The number of nitrogens with one attached hydrogen (secondary N) is 1. The van der Waals surface area contributed by atoms with Gasteiger partial charge in [-0.05, 0) is 73.6 Å². The molecule has 1 amide bonds. The summed E-state index contributed by atoms with van der Waals surface area (Å²) in [4.78, 5) is 15.1. The van der Waals surface area contributed by atoms with Gasteiger partial charge in [-0.25, -0.2) is 4.39 Å². The Morgan fingerprint density at radius 1 is 1.44 bits per heavy atom. The van der Waals surface area contributed by atoms with Gasteiger partial charge in [0.05, 0.1) is 30.2 Å². The Hall–Kier alpha value is -2.46. The van der Waals surface area contributed by atoms with Crippen LogP contribution in [0.3, 0.4) is 0 Å². The number of nitrogens with zero attached hydrogens (tertiary/aromatic N) is 2. The van der Waals surface area contributed by atoms with Gasteiger partial charge in [0, 0.05) is 7.11 Å². The van der Waals surface area contributed by atoms with E-state index in [-0.39, 0.29) is 35.8 Å². The Bertz CT molecular complexity index is 935. The standard InChI is InChI=1S/C25H35FN4O2/c1-6-17-11-25(10-15(2)21(17)32-5)12-18-8-7-16(13-27)9-19(18)20(25)22(31)30(23(28)29)14-24(3,4)26/h7-9,15,17,20-21H,6,10-12,14H2,1-5H3,(H3,28,29)/t15-,17+,20-,21+,25+/m0/s1. The van der Waals surface area contributed by atoms with Crippen LogP contribution in [-0.2, 0) is 16.0 Å². The molecule has 0 radical (unpaired) electrons. The van der Waals surface area contributed by atoms with Crippen LogP contribution in [0.15, 0.2) is 18.2 Å². The van der Waals surface area contributed by atoms with Crippen molar-refractivity contribution >= 4 is 11.9 Å². The molecule has 7 heteroatoms. The number of alkyl halides is 1. The second kappa shape index (κ2) is 8.82. The maximum absolute atomic E-state index is 14.6. The number of ether oxygens (including phenoxy) is 1. The molecule has 1 saturated carbocycles. The Morgan fingerprint density at radius 2 is 2.12 bits per heavy atom. The van der Waals surface area contributed by atoms with Crippen LogP contribution in [0.25, 0.3) is 0 Å². The minimum atomic E-state index is -1.70. The summed E-state index contributed by atoms with van der Waals surface area (Å²) in [5.41, 5.74) is 6.05. The molecule has 32 heavy (non-hydrogen) atoms. The van der Waals surface area contributed by atoms with E-state index in [0.717, 1.165) is 35.3 Å². The fourth-order valence-corrected chi connectivity index (χ4v) is 6.24. The van der Waals surface area contributed by atoms with Crippen LogP contribution in [0.2, 0.25) is 0 Å². The summed E-state index contributed by atoms with van der Waals surface area (Å²) in [6.07, 6.45) is 3.34. The molecule has 1 aromatic rings. The van der Waals surface area contributed by atoms with Gasteiger partial charge in [-0.1, -0.05) is 26.3 Å². The fourth-order valence-electron chi connectivity index (χ4n) is 6.24. The number of hydrogen-bond donors (Lipinski definition) is 2. The highest BCUT2D eigenvalue weighted by Gasteiger charge is 2.56. The Balaban J connectivity index is 2.13. The molecule has 174 valence electrons. The Labute approximate surface area is 190 Å². The summed E-state index contributed by atoms with van der Waals surface area (Å²) in [6, 6.07) is 7.69. The normalized spacial score (nSPS) is 29.4. The maximum atomic E-state index is 14.6. The number of halogens is 1. The predicted molar refractivity (Wildman–Crippen MR) is 122 cm³/mol. The average Bonchev–Trinajstić information content (AvgIpc) is 3.01. The van der Waals surface area contributed by atoms with Crippen molar-refractivity contribution in [3.63, 3.8) is 0 Å². The smallest absolute Gasteiger partial charge is 0.237 e. The van der Waals surface area contributed by atoms with Crippen LogP contribution in [0, 0.1) is 34.0 Å². The van der Waals surface area contributed by atoms with Gasteiger partial charge in [-0.3, -0.25) is 15.1 Å². The number of fused-ring (bicyclic) bond motifs is 1. The number of hydrogen-bond acceptors (Lipinski definition) is 4. The van der Waals surface area contributed by atoms with Crippen molar-refractivity contribution in [3.05, 3.63) is 34.9 Å². The van der Waals surface area contributed by atoms with Gasteiger partial charge >= 0.3 is 0 Å². The molecule has 3 rings (SSSR count). The van der Waals surface area contributed by atoms with Crippen molar-refractivity contribution in [3.8, 4) is 6.07 Å². The highest BCUT2D eigenvalue weighted by molar-refractivity contribution is 5.99. The molecule has 1 spiro atoms. The molecule has 5 atom stereocenters. The lowest BCUT2D eigenvalue weighted by Gasteiger charge is -2.49. The maximum Gasteiger partial charge on any atom is 0.237 e. The largest absolute Gasteiger partial charge is 0.381 e. The number of methoxy groups -OCH3 is 1. The molecular formula is C25H35FN4O2. The predicted octanol–water partition coefficient (Wildman–Crippen LogP) is 4.13. The van der Waals surface area contributed by atoms with Gasteiger partial charge in [-0.15, -0.1) is 0 Å². The molecule has 1 fully saturated rings. The molecule has 1 aromatic carbocycles. The van der Waals surface area contributed by atoms with Gasteiger partial charge in [0.15, 0.2) is 5.96 Å². The highest BCUT2D eigenvalue weighted by Crippen LogP contribution is 2.59. The van der Waals surface area contributed by atoms with Gasteiger partial charge in [0.2, 0.25) is 5.91 Å². The summed E-state index contributed by atoms with van der Waals surface area (Å²) in [6.45, 7) is 6.77. The van der Waals surface area contributed by atoms with Crippen LogP contribution in [0.4, 0.5) is 4.39 Å². The van der Waals surface area contributed by atoms with Crippen molar-refractivity contribution < 1.29 is 13.9 Å². The molecule has 2 aliphatic carbocycles. The zero-order valence-corrected chi connectivity index (χ0v) is 19.7. The Kier molecular flexibility index (Phi) is 6.67. The van der Waals surface area contributed by atoms with E-state index in [4.69, 9.17) is 15.9 Å². The SMILES string of the molecule is CC[C@@H]1C[C@@]2(Cc3ccc(C#N)cc3[C@H]2C(=O)N(CC(C)(C)F)C(=N)N)C[C@H](C)[C@H]1OC. The van der Waals surface area contributed by atoms with Crippen molar-refractivity contribution in [2.45, 2.75) is 71.1 Å². The molecule has 0 aliphatic heterocycles. The second-order valence-electron chi connectivity index (χ2n) is 10.3. The van der Waals surface area contributed by atoms with Gasteiger partial charge < -0.3 is 10.5 Å². The molecule has 3 N–H and O–H groups in total. The second-order valence-corrected chi connectivity index (χ2v) is 10.3. The van der Waals surface area contributed by atoms with Crippen LogP contribution < -0.4 is 5.73 Å². The number of nitriles is 1. The van der Waals surface area contributed by atoms with Crippen molar-refractivity contribution in [1.29, 1.82) is 10.7 Å². The molecule has 6 nitrogen and oxygen atoms in total. The third kappa shape index (κ3) is 4.38. The average molecular weight is 443 g/mol. The third-order valence-electron chi connectivity index (χ3n) is 7.30. The van der Waals surface area contributed by atoms with E-state index >= 15 is 0 Å². The number of guanidine groups is 1. The summed E-state index contributed by atoms with van der Waals surface area (Å²) >= 11 is 0. The molecule has 0 aromatic heterocycles. The minimum Gasteiger partial charge on any atom is -0.381 e.